The Hall–Kier alpha value is -2.40. The third-order valence-electron chi connectivity index (χ3n) is 8.48. The van der Waals surface area contributed by atoms with Crippen LogP contribution in [0.25, 0.3) is 0 Å². The highest BCUT2D eigenvalue weighted by molar-refractivity contribution is 5.73. The Morgan fingerprint density at radius 3 is 1.98 bits per heavy atom. The topological polar surface area (TPSA) is 214 Å². The van der Waals surface area contributed by atoms with E-state index in [0.717, 1.165) is 45.4 Å². The molecule has 0 aliphatic carbocycles. The standard InChI is InChI=1S/C33H56O15/c1-7-9-10-11-12-13-14-15-24(37)44-28-27(45-30(40)19(3)4)25(38)22(16-34)43-32(28)48-33(18-42-21(6)36)29(26(39)23(17-35)47-33)46-31(41)20(5)8-2/h19-20,22-23,25-29,32,34-35,38-39H,7-18H2,1-6H3/t20?,22-,23-,25-,26-,27+,28-,29+,32-,33+/m1/s1. The van der Waals surface area contributed by atoms with E-state index in [-0.39, 0.29) is 6.42 Å². The van der Waals surface area contributed by atoms with E-state index in [9.17, 15) is 39.6 Å². The zero-order valence-corrected chi connectivity index (χ0v) is 29.0. The zero-order valence-electron chi connectivity index (χ0n) is 29.0. The van der Waals surface area contributed by atoms with Crippen molar-refractivity contribution in [3.63, 3.8) is 0 Å². The van der Waals surface area contributed by atoms with Crippen molar-refractivity contribution in [2.24, 2.45) is 11.8 Å². The van der Waals surface area contributed by atoms with Gasteiger partial charge in [-0.25, -0.2) is 0 Å². The van der Waals surface area contributed by atoms with E-state index < -0.39 is 110 Å². The number of rotatable bonds is 20. The van der Waals surface area contributed by atoms with Crippen LogP contribution in [0.15, 0.2) is 0 Å². The minimum absolute atomic E-state index is 0.0170. The summed E-state index contributed by atoms with van der Waals surface area (Å²) in [6.45, 7) is 7.31. The Bertz CT molecular complexity index is 1020. The van der Waals surface area contributed by atoms with Crippen molar-refractivity contribution in [1.29, 1.82) is 0 Å². The van der Waals surface area contributed by atoms with Crippen molar-refractivity contribution in [2.45, 2.75) is 154 Å². The molecule has 0 aromatic heterocycles. The first kappa shape index (κ1) is 41.8. The van der Waals surface area contributed by atoms with E-state index in [2.05, 4.69) is 6.92 Å². The maximum absolute atomic E-state index is 13.2. The SMILES string of the molecule is CCCCCCCCCC(=O)O[C@H]1[C@@H](O[C@]2(COC(C)=O)O[C@H](CO)[C@@H](O)[C@@H]2OC(=O)C(C)CC)O[C@H](CO)[C@@H](O)[C@@H]1OC(=O)C(C)C. The van der Waals surface area contributed by atoms with Crippen LogP contribution in [0.1, 0.15) is 99.3 Å². The van der Waals surface area contributed by atoms with Crippen molar-refractivity contribution in [3.05, 3.63) is 0 Å². The lowest BCUT2D eigenvalue weighted by atomic mass is 9.97. The van der Waals surface area contributed by atoms with Gasteiger partial charge in [0, 0.05) is 13.3 Å². The highest BCUT2D eigenvalue weighted by atomic mass is 16.8. The van der Waals surface area contributed by atoms with Crippen LogP contribution in [-0.4, -0.2) is 119 Å². The number of aliphatic hydroxyl groups is 4. The molecule has 2 saturated heterocycles. The average Bonchev–Trinajstić information content (AvgIpc) is 3.31. The molecule has 15 heteroatoms. The van der Waals surface area contributed by atoms with Crippen LogP contribution in [0, 0.1) is 11.8 Å². The second-order valence-electron chi connectivity index (χ2n) is 12.8. The molecule has 1 unspecified atom stereocenters. The van der Waals surface area contributed by atoms with Crippen LogP contribution < -0.4 is 0 Å². The minimum atomic E-state index is -2.36. The van der Waals surface area contributed by atoms with Crippen LogP contribution in [0.3, 0.4) is 0 Å². The fraction of sp³-hybridized carbons (Fsp3) is 0.879. The molecule has 0 bridgehead atoms. The van der Waals surface area contributed by atoms with Gasteiger partial charge < -0.3 is 53.6 Å². The van der Waals surface area contributed by atoms with Crippen LogP contribution in [0.4, 0.5) is 0 Å². The maximum Gasteiger partial charge on any atom is 0.309 e. The number of carbonyl (C=O) groups is 4. The fourth-order valence-corrected chi connectivity index (χ4v) is 5.31. The third-order valence-corrected chi connectivity index (χ3v) is 8.48. The molecule has 2 fully saturated rings. The summed E-state index contributed by atoms with van der Waals surface area (Å²) >= 11 is 0. The Kier molecular flexibility index (Phi) is 17.7. The average molecular weight is 693 g/mol. The summed E-state index contributed by atoms with van der Waals surface area (Å²) in [6, 6.07) is 0. The number of ether oxygens (including phenoxy) is 7. The molecule has 48 heavy (non-hydrogen) atoms. The van der Waals surface area contributed by atoms with Crippen LogP contribution in [-0.2, 0) is 52.3 Å². The second kappa shape index (κ2) is 20.3. The minimum Gasteiger partial charge on any atom is -0.460 e. The van der Waals surface area contributed by atoms with Gasteiger partial charge in [0.15, 0.2) is 18.3 Å². The van der Waals surface area contributed by atoms with Crippen LogP contribution in [0.2, 0.25) is 0 Å². The van der Waals surface area contributed by atoms with Crippen molar-refractivity contribution in [1.82, 2.24) is 0 Å². The van der Waals surface area contributed by atoms with Gasteiger partial charge in [0.2, 0.25) is 12.1 Å². The van der Waals surface area contributed by atoms with E-state index in [4.69, 9.17) is 33.2 Å². The third kappa shape index (κ3) is 11.6. The summed E-state index contributed by atoms with van der Waals surface area (Å²) in [5, 5.41) is 42.3. The lowest BCUT2D eigenvalue weighted by Crippen LogP contribution is -2.65. The van der Waals surface area contributed by atoms with Gasteiger partial charge in [-0.2, -0.15) is 0 Å². The van der Waals surface area contributed by atoms with Crippen molar-refractivity contribution in [2.75, 3.05) is 19.8 Å². The number of aliphatic hydroxyl groups excluding tert-OH is 4. The molecule has 0 aromatic carbocycles. The quantitative estimate of drug-likeness (QED) is 0.0811. The first-order chi connectivity index (χ1) is 22.7. The van der Waals surface area contributed by atoms with Gasteiger partial charge in [-0.1, -0.05) is 73.1 Å². The molecule has 2 heterocycles. The second-order valence-corrected chi connectivity index (χ2v) is 12.8. The first-order valence-electron chi connectivity index (χ1n) is 17.1. The van der Waals surface area contributed by atoms with Gasteiger partial charge in [-0.15, -0.1) is 0 Å². The molecule has 278 valence electrons. The number of hydrogen-bond donors (Lipinski definition) is 4. The molecule has 4 N–H and O–H groups in total. The molecule has 0 amide bonds. The Labute approximate surface area is 282 Å². The zero-order chi connectivity index (χ0) is 36.0. The predicted octanol–water partition coefficient (Wildman–Crippen LogP) is 1.67. The first-order valence-corrected chi connectivity index (χ1v) is 17.1. The summed E-state index contributed by atoms with van der Waals surface area (Å²) in [7, 11) is 0. The Morgan fingerprint density at radius 2 is 1.42 bits per heavy atom. The van der Waals surface area contributed by atoms with Gasteiger partial charge in [0.1, 0.15) is 31.0 Å². The predicted molar refractivity (Wildman–Crippen MR) is 167 cm³/mol. The molecule has 0 aromatic rings. The van der Waals surface area contributed by atoms with Gasteiger partial charge >= 0.3 is 23.9 Å². The van der Waals surface area contributed by atoms with Crippen molar-refractivity contribution < 1.29 is 72.8 Å². The molecule has 0 radical (unpaired) electrons. The van der Waals surface area contributed by atoms with E-state index in [0.29, 0.717) is 12.8 Å². The summed E-state index contributed by atoms with van der Waals surface area (Å²) < 4.78 is 40.1. The molecule has 2 aliphatic heterocycles. The fourth-order valence-electron chi connectivity index (χ4n) is 5.31. The summed E-state index contributed by atoms with van der Waals surface area (Å²) in [4.78, 5) is 50.8. The molecule has 2 aliphatic rings. The largest absolute Gasteiger partial charge is 0.460 e. The van der Waals surface area contributed by atoms with Crippen molar-refractivity contribution in [3.8, 4) is 0 Å². The molecule has 10 atom stereocenters. The van der Waals surface area contributed by atoms with E-state index >= 15 is 0 Å². The van der Waals surface area contributed by atoms with Gasteiger partial charge in [-0.3, -0.25) is 19.2 Å². The van der Waals surface area contributed by atoms with Gasteiger partial charge in [-0.05, 0) is 12.8 Å². The smallest absolute Gasteiger partial charge is 0.309 e. The monoisotopic (exact) mass is 692 g/mol. The molecule has 15 nitrogen and oxygen atoms in total. The lowest BCUT2D eigenvalue weighted by Gasteiger charge is -2.46. The molecule has 0 saturated carbocycles. The van der Waals surface area contributed by atoms with E-state index in [1.165, 1.54) is 0 Å². The van der Waals surface area contributed by atoms with E-state index in [1.807, 2.05) is 0 Å². The Balaban J connectivity index is 2.50. The van der Waals surface area contributed by atoms with E-state index in [1.54, 1.807) is 27.7 Å². The summed E-state index contributed by atoms with van der Waals surface area (Å²) in [5.74, 6) is -6.68. The Morgan fingerprint density at radius 1 is 0.792 bits per heavy atom. The summed E-state index contributed by atoms with van der Waals surface area (Å²) in [5.41, 5.74) is 0. The van der Waals surface area contributed by atoms with Gasteiger partial charge in [0.05, 0.1) is 25.0 Å². The molecular weight excluding hydrogens is 636 g/mol. The van der Waals surface area contributed by atoms with Crippen LogP contribution in [0.5, 0.6) is 0 Å². The maximum atomic E-state index is 13.2. The van der Waals surface area contributed by atoms with Gasteiger partial charge in [0.25, 0.3) is 0 Å². The summed E-state index contributed by atoms with van der Waals surface area (Å²) in [6.07, 6.45) is -6.07. The highest BCUT2D eigenvalue weighted by Crippen LogP contribution is 2.40. The highest BCUT2D eigenvalue weighted by Gasteiger charge is 2.63. The normalized spacial score (nSPS) is 30.9. The lowest BCUT2D eigenvalue weighted by molar-refractivity contribution is -0.384. The molecule has 0 spiro atoms. The number of unbranched alkanes of at least 4 members (excludes halogenated alkanes) is 6. The van der Waals surface area contributed by atoms with Crippen LogP contribution >= 0.6 is 0 Å². The molecule has 2 rings (SSSR count). The van der Waals surface area contributed by atoms with Crippen molar-refractivity contribution >= 4 is 23.9 Å². The number of carbonyl (C=O) groups excluding carboxylic acids is 4. The number of esters is 4. The number of hydrogen-bond acceptors (Lipinski definition) is 15. The molecular formula is C33H56O15.